The zero-order chi connectivity index (χ0) is 25.3. The first-order chi connectivity index (χ1) is 16.6. The maximum Gasteiger partial charge on any atom is 0.416 e. The summed E-state index contributed by atoms with van der Waals surface area (Å²) >= 11 is 0. The predicted octanol–water partition coefficient (Wildman–Crippen LogP) is 5.72. The molecule has 0 saturated heterocycles. The van der Waals surface area contributed by atoms with Crippen LogP contribution in [0.4, 0.5) is 22.4 Å². The van der Waals surface area contributed by atoms with Crippen LogP contribution in [0.5, 0.6) is 0 Å². The predicted molar refractivity (Wildman–Crippen MR) is 119 cm³/mol. The molecule has 0 spiro atoms. The molecule has 1 unspecified atom stereocenters. The van der Waals surface area contributed by atoms with Gasteiger partial charge in [0.1, 0.15) is 18.5 Å². The maximum atomic E-state index is 14.3. The Balaban J connectivity index is 1.48. The number of carbonyl (C=O) groups excluding carboxylic acids is 1. The molecule has 0 aromatic heterocycles. The molecule has 0 heterocycles. The van der Waals surface area contributed by atoms with Crippen LogP contribution in [0, 0.1) is 5.82 Å². The molecule has 1 amide bonds. The van der Waals surface area contributed by atoms with Crippen molar-refractivity contribution in [2.75, 3.05) is 13.7 Å². The monoisotopic (exact) mass is 487 g/mol. The van der Waals surface area contributed by atoms with Gasteiger partial charge in [-0.2, -0.15) is 13.2 Å². The van der Waals surface area contributed by atoms with Crippen LogP contribution in [0.2, 0.25) is 0 Å². The topological polar surface area (TPSA) is 66.8 Å². The largest absolute Gasteiger partial charge is 0.480 e. The molecular formula is C26H21F4NO4. The molecule has 4 rings (SSSR count). The molecule has 5 nitrogen and oxygen atoms in total. The Morgan fingerprint density at radius 3 is 2.09 bits per heavy atom. The standard InChI is InChI=1S/C26H21F4NO4/c1-31(23(24(32)33)12-15-10-11-16(13-22(15)27)26(28,29)30)25(34)35-14-21-19-8-4-2-6-17(19)18-7-3-5-9-20(18)21/h2-11,13,21,23H,12,14H2,1H3,(H,32,33). The summed E-state index contributed by atoms with van der Waals surface area (Å²) in [7, 11) is 1.19. The molecule has 3 aromatic rings. The van der Waals surface area contributed by atoms with E-state index in [-0.39, 0.29) is 18.1 Å². The molecule has 1 atom stereocenters. The summed E-state index contributed by atoms with van der Waals surface area (Å²) in [5.74, 6) is -2.89. The summed E-state index contributed by atoms with van der Waals surface area (Å²) in [6, 6.07) is 15.7. The van der Waals surface area contributed by atoms with Gasteiger partial charge in [0, 0.05) is 19.4 Å². The van der Waals surface area contributed by atoms with Gasteiger partial charge in [-0.05, 0) is 39.9 Å². The summed E-state index contributed by atoms with van der Waals surface area (Å²) in [5.41, 5.74) is 2.56. The Morgan fingerprint density at radius 1 is 1.00 bits per heavy atom. The third kappa shape index (κ3) is 4.84. The van der Waals surface area contributed by atoms with Crippen molar-refractivity contribution in [3.63, 3.8) is 0 Å². The fraction of sp³-hybridized carbons (Fsp3) is 0.231. The van der Waals surface area contributed by atoms with Crippen LogP contribution in [-0.4, -0.2) is 41.8 Å². The van der Waals surface area contributed by atoms with Crippen molar-refractivity contribution < 1.29 is 37.0 Å². The highest BCUT2D eigenvalue weighted by molar-refractivity contribution is 5.81. The van der Waals surface area contributed by atoms with Crippen molar-refractivity contribution >= 4 is 12.1 Å². The highest BCUT2D eigenvalue weighted by Crippen LogP contribution is 2.44. The second-order valence-corrected chi connectivity index (χ2v) is 8.28. The van der Waals surface area contributed by atoms with Gasteiger partial charge in [0.05, 0.1) is 5.56 Å². The number of carboxylic acid groups (broad SMARTS) is 1. The van der Waals surface area contributed by atoms with E-state index in [9.17, 15) is 32.3 Å². The lowest BCUT2D eigenvalue weighted by molar-refractivity contribution is -0.142. The van der Waals surface area contributed by atoms with Crippen molar-refractivity contribution in [2.24, 2.45) is 0 Å². The number of alkyl halides is 3. The number of ether oxygens (including phenoxy) is 1. The second kappa shape index (κ2) is 9.40. The van der Waals surface area contributed by atoms with Gasteiger partial charge < -0.3 is 9.84 Å². The molecule has 3 aromatic carbocycles. The first-order valence-electron chi connectivity index (χ1n) is 10.7. The average Bonchev–Trinajstić information content (AvgIpc) is 3.14. The van der Waals surface area contributed by atoms with Gasteiger partial charge in [0.15, 0.2) is 0 Å². The quantitative estimate of drug-likeness (QED) is 0.452. The minimum atomic E-state index is -4.73. The van der Waals surface area contributed by atoms with E-state index in [0.717, 1.165) is 33.2 Å². The van der Waals surface area contributed by atoms with Crippen LogP contribution >= 0.6 is 0 Å². The van der Waals surface area contributed by atoms with E-state index in [1.807, 2.05) is 48.5 Å². The van der Waals surface area contributed by atoms with E-state index in [1.165, 1.54) is 7.05 Å². The smallest absolute Gasteiger partial charge is 0.416 e. The van der Waals surface area contributed by atoms with E-state index in [2.05, 4.69) is 0 Å². The number of carboxylic acids is 1. The number of carbonyl (C=O) groups is 2. The highest BCUT2D eigenvalue weighted by atomic mass is 19.4. The zero-order valence-corrected chi connectivity index (χ0v) is 18.6. The second-order valence-electron chi connectivity index (χ2n) is 8.28. The number of nitrogens with zero attached hydrogens (tertiary/aromatic N) is 1. The van der Waals surface area contributed by atoms with Gasteiger partial charge in [-0.15, -0.1) is 0 Å². The molecule has 0 radical (unpaired) electrons. The summed E-state index contributed by atoms with van der Waals surface area (Å²) in [4.78, 5) is 25.4. The lowest BCUT2D eigenvalue weighted by Gasteiger charge is -2.25. The van der Waals surface area contributed by atoms with E-state index in [0.29, 0.717) is 12.1 Å². The van der Waals surface area contributed by atoms with Crippen LogP contribution in [0.25, 0.3) is 11.1 Å². The van der Waals surface area contributed by atoms with E-state index in [1.54, 1.807) is 0 Å². The molecule has 0 saturated carbocycles. The fourth-order valence-electron chi connectivity index (χ4n) is 4.31. The van der Waals surface area contributed by atoms with Crippen molar-refractivity contribution in [2.45, 2.75) is 24.6 Å². The molecule has 1 aliphatic carbocycles. The molecule has 0 aliphatic heterocycles. The molecule has 1 aliphatic rings. The first-order valence-corrected chi connectivity index (χ1v) is 10.7. The number of aliphatic carboxylic acids is 1. The van der Waals surface area contributed by atoms with Gasteiger partial charge in [-0.25, -0.2) is 14.0 Å². The van der Waals surface area contributed by atoms with Crippen molar-refractivity contribution in [1.29, 1.82) is 0 Å². The van der Waals surface area contributed by atoms with Crippen molar-refractivity contribution in [1.82, 2.24) is 4.90 Å². The first kappa shape index (κ1) is 24.3. The van der Waals surface area contributed by atoms with E-state index < -0.39 is 42.1 Å². The number of amides is 1. The molecule has 182 valence electrons. The summed E-state index contributed by atoms with van der Waals surface area (Å²) < 4.78 is 58.1. The number of likely N-dealkylation sites (N-methyl/N-ethyl adjacent to an activating group) is 1. The number of benzene rings is 3. The third-order valence-electron chi connectivity index (χ3n) is 6.17. The summed E-state index contributed by atoms with van der Waals surface area (Å²) in [5, 5.41) is 9.62. The lowest BCUT2D eigenvalue weighted by atomic mass is 9.98. The van der Waals surface area contributed by atoms with Crippen molar-refractivity contribution in [3.05, 3.63) is 94.8 Å². The summed E-state index contributed by atoms with van der Waals surface area (Å²) in [6.45, 7) is -0.0435. The van der Waals surface area contributed by atoms with Gasteiger partial charge in [0.25, 0.3) is 0 Å². The van der Waals surface area contributed by atoms with Crippen LogP contribution in [0.15, 0.2) is 66.7 Å². The van der Waals surface area contributed by atoms with E-state index >= 15 is 0 Å². The van der Waals surface area contributed by atoms with Gasteiger partial charge in [-0.1, -0.05) is 54.6 Å². The number of rotatable bonds is 6. The van der Waals surface area contributed by atoms with Crippen molar-refractivity contribution in [3.8, 4) is 11.1 Å². The lowest BCUT2D eigenvalue weighted by Crippen LogP contribution is -2.44. The number of hydrogen-bond donors (Lipinski definition) is 1. The Labute approximate surface area is 198 Å². The third-order valence-corrected chi connectivity index (χ3v) is 6.17. The van der Waals surface area contributed by atoms with Gasteiger partial charge in [0.2, 0.25) is 0 Å². The fourth-order valence-corrected chi connectivity index (χ4v) is 4.31. The molecule has 1 N–H and O–H groups in total. The molecule has 0 fully saturated rings. The highest BCUT2D eigenvalue weighted by Gasteiger charge is 2.34. The Kier molecular flexibility index (Phi) is 6.51. The Bertz CT molecular complexity index is 1230. The van der Waals surface area contributed by atoms with E-state index in [4.69, 9.17) is 4.74 Å². The average molecular weight is 487 g/mol. The molecule has 9 heteroatoms. The number of halogens is 4. The molecule has 35 heavy (non-hydrogen) atoms. The minimum Gasteiger partial charge on any atom is -0.480 e. The SMILES string of the molecule is CN(C(=O)OCC1c2ccccc2-c2ccccc21)C(Cc1ccc(C(F)(F)F)cc1F)C(=O)O. The zero-order valence-electron chi connectivity index (χ0n) is 18.6. The van der Waals surface area contributed by atoms with Gasteiger partial charge >= 0.3 is 18.2 Å². The van der Waals surface area contributed by atoms with Crippen LogP contribution in [0.1, 0.15) is 28.2 Å². The molecular weight excluding hydrogens is 466 g/mol. The van der Waals surface area contributed by atoms with Crippen LogP contribution in [0.3, 0.4) is 0 Å². The Hall–Kier alpha value is -3.88. The number of fused-ring (bicyclic) bond motifs is 3. The number of hydrogen-bond acceptors (Lipinski definition) is 3. The Morgan fingerprint density at radius 2 is 1.57 bits per heavy atom. The summed E-state index contributed by atoms with van der Waals surface area (Å²) in [6.07, 6.45) is -6.20. The van der Waals surface area contributed by atoms with Crippen LogP contribution in [-0.2, 0) is 22.1 Å². The van der Waals surface area contributed by atoms with Gasteiger partial charge in [-0.3, -0.25) is 4.90 Å². The van der Waals surface area contributed by atoms with Crippen LogP contribution < -0.4 is 0 Å². The minimum absolute atomic E-state index is 0.0435. The maximum absolute atomic E-state index is 14.3. The normalized spacial score (nSPS) is 13.6. The molecule has 0 bridgehead atoms.